The highest BCUT2D eigenvalue weighted by molar-refractivity contribution is 9.09. The molecule has 1 aromatic heterocycles. The Kier molecular flexibility index (Phi) is 4.11. The minimum Gasteiger partial charge on any atom is -0.415 e. The summed E-state index contributed by atoms with van der Waals surface area (Å²) in [7, 11) is 0. The second kappa shape index (κ2) is 5.14. The highest BCUT2D eigenvalue weighted by Gasteiger charge is 2.10. The van der Waals surface area contributed by atoms with Crippen LogP contribution in [0.25, 0.3) is 0 Å². The summed E-state index contributed by atoms with van der Waals surface area (Å²) < 4.78 is 4.86. The maximum absolute atomic E-state index is 11.0. The zero-order valence-electron chi connectivity index (χ0n) is 6.66. The second-order valence-electron chi connectivity index (χ2n) is 2.26. The molecule has 0 saturated carbocycles. The van der Waals surface area contributed by atoms with Gasteiger partial charge in [0.1, 0.15) is 6.42 Å². The summed E-state index contributed by atoms with van der Waals surface area (Å²) in [6, 6.07) is 3.46. The van der Waals surface area contributed by atoms with Gasteiger partial charge in [0.2, 0.25) is 0 Å². The van der Waals surface area contributed by atoms with Crippen molar-refractivity contribution in [3.8, 4) is 5.06 Å². The number of rotatable bonds is 4. The van der Waals surface area contributed by atoms with Crippen LogP contribution >= 0.6 is 27.3 Å². The normalized spacial score (nSPS) is 9.62. The number of alkyl halides is 1. The number of carbonyl (C=O) groups excluding carboxylic acids is 2. The lowest BCUT2D eigenvalue weighted by molar-refractivity contribution is -0.137. The van der Waals surface area contributed by atoms with E-state index in [0.717, 1.165) is 0 Å². The number of Topliss-reactive ketones (excluding diaryl/α,β-unsaturated/α-hetero) is 1. The van der Waals surface area contributed by atoms with Gasteiger partial charge >= 0.3 is 5.97 Å². The van der Waals surface area contributed by atoms with Crippen LogP contribution in [-0.4, -0.2) is 17.1 Å². The summed E-state index contributed by atoms with van der Waals surface area (Å²) in [4.78, 5) is 21.8. The van der Waals surface area contributed by atoms with Gasteiger partial charge in [0, 0.05) is 0 Å². The van der Waals surface area contributed by atoms with E-state index in [4.69, 9.17) is 4.74 Å². The smallest absolute Gasteiger partial charge is 0.319 e. The van der Waals surface area contributed by atoms with Crippen molar-refractivity contribution in [3.63, 3.8) is 0 Å². The number of hydrogen-bond acceptors (Lipinski definition) is 4. The van der Waals surface area contributed by atoms with Crippen molar-refractivity contribution >= 4 is 39.0 Å². The zero-order valence-corrected chi connectivity index (χ0v) is 9.06. The van der Waals surface area contributed by atoms with Crippen molar-refractivity contribution in [3.05, 3.63) is 17.5 Å². The van der Waals surface area contributed by atoms with Crippen LogP contribution in [0, 0.1) is 0 Å². The molecule has 1 rings (SSSR count). The molecule has 0 aromatic carbocycles. The van der Waals surface area contributed by atoms with E-state index < -0.39 is 5.97 Å². The average molecular weight is 263 g/mol. The third-order valence-corrected chi connectivity index (χ3v) is 2.57. The molecule has 0 fully saturated rings. The van der Waals surface area contributed by atoms with Gasteiger partial charge in [-0.25, -0.2) is 0 Å². The van der Waals surface area contributed by atoms with Gasteiger partial charge in [-0.2, -0.15) is 0 Å². The predicted octanol–water partition coefficient (Wildman–Crippen LogP) is 2.01. The molecule has 0 saturated heterocycles. The van der Waals surface area contributed by atoms with Gasteiger partial charge in [0.25, 0.3) is 0 Å². The fourth-order valence-corrected chi connectivity index (χ4v) is 1.47. The molecule has 0 atom stereocenters. The molecule has 0 spiro atoms. The molecule has 1 heterocycles. The van der Waals surface area contributed by atoms with Crippen LogP contribution in [0.5, 0.6) is 5.06 Å². The number of esters is 1. The number of halogens is 1. The first-order valence-corrected chi connectivity index (χ1v) is 5.54. The van der Waals surface area contributed by atoms with E-state index in [1.165, 1.54) is 11.3 Å². The van der Waals surface area contributed by atoms with Crippen LogP contribution in [0.2, 0.25) is 0 Å². The maximum Gasteiger partial charge on any atom is 0.319 e. The molecule has 0 amide bonds. The van der Waals surface area contributed by atoms with Crippen LogP contribution in [0.15, 0.2) is 17.5 Å². The third-order valence-electron chi connectivity index (χ3n) is 1.20. The van der Waals surface area contributed by atoms with Crippen molar-refractivity contribution < 1.29 is 14.3 Å². The summed E-state index contributed by atoms with van der Waals surface area (Å²) in [6.07, 6.45) is -0.177. The first kappa shape index (κ1) is 10.4. The molecule has 3 nitrogen and oxygen atoms in total. The van der Waals surface area contributed by atoms with Gasteiger partial charge < -0.3 is 4.74 Å². The molecular formula is C8H7BrO3S. The Balaban J connectivity index is 2.38. The van der Waals surface area contributed by atoms with E-state index in [2.05, 4.69) is 15.9 Å². The summed E-state index contributed by atoms with van der Waals surface area (Å²) >= 11 is 4.29. The van der Waals surface area contributed by atoms with E-state index in [9.17, 15) is 9.59 Å². The molecule has 0 bridgehead atoms. The summed E-state index contributed by atoms with van der Waals surface area (Å²) in [5.41, 5.74) is 0. The standard InChI is InChI=1S/C8H7BrO3S/c9-5-6(10)4-7(11)12-8-2-1-3-13-8/h1-3H,4-5H2. The first-order chi connectivity index (χ1) is 6.22. The zero-order chi connectivity index (χ0) is 9.68. The lowest BCUT2D eigenvalue weighted by Gasteiger charge is -1.98. The summed E-state index contributed by atoms with van der Waals surface area (Å²) in [5, 5.41) is 2.51. The lowest BCUT2D eigenvalue weighted by atomic mass is 10.3. The molecule has 1 aromatic rings. The Hall–Kier alpha value is -0.680. The van der Waals surface area contributed by atoms with Crippen molar-refractivity contribution in [2.45, 2.75) is 6.42 Å². The van der Waals surface area contributed by atoms with E-state index >= 15 is 0 Å². The molecule has 0 aliphatic rings. The SMILES string of the molecule is O=C(CBr)CC(=O)Oc1cccs1. The molecule has 5 heteroatoms. The molecule has 13 heavy (non-hydrogen) atoms. The van der Waals surface area contributed by atoms with Crippen molar-refractivity contribution in [1.29, 1.82) is 0 Å². The quantitative estimate of drug-likeness (QED) is 0.474. The van der Waals surface area contributed by atoms with Crippen molar-refractivity contribution in [2.75, 3.05) is 5.33 Å². The maximum atomic E-state index is 11.0. The molecular weight excluding hydrogens is 256 g/mol. The number of ketones is 1. The molecule has 0 unspecified atom stereocenters. The second-order valence-corrected chi connectivity index (χ2v) is 3.73. The van der Waals surface area contributed by atoms with Gasteiger partial charge in [-0.05, 0) is 17.5 Å². The molecule has 0 radical (unpaired) electrons. The minimum atomic E-state index is -0.507. The van der Waals surface area contributed by atoms with E-state index in [-0.39, 0.29) is 17.5 Å². The minimum absolute atomic E-state index is 0.177. The van der Waals surface area contributed by atoms with Crippen LogP contribution in [0.3, 0.4) is 0 Å². The van der Waals surface area contributed by atoms with Crippen LogP contribution in [0.4, 0.5) is 0 Å². The molecule has 70 valence electrons. The Labute approximate surface area is 87.8 Å². The van der Waals surface area contributed by atoms with Gasteiger partial charge in [-0.1, -0.05) is 15.9 Å². The Morgan fingerprint density at radius 1 is 1.54 bits per heavy atom. The summed E-state index contributed by atoms with van der Waals surface area (Å²) in [6.45, 7) is 0. The number of ether oxygens (including phenoxy) is 1. The summed E-state index contributed by atoms with van der Waals surface area (Å²) in [5.74, 6) is -0.687. The van der Waals surface area contributed by atoms with Gasteiger partial charge in [0.15, 0.2) is 10.8 Å². The monoisotopic (exact) mass is 262 g/mol. The number of thiophene rings is 1. The number of carbonyl (C=O) groups is 2. The Morgan fingerprint density at radius 2 is 2.31 bits per heavy atom. The fourth-order valence-electron chi connectivity index (χ4n) is 0.678. The van der Waals surface area contributed by atoms with Crippen LogP contribution in [-0.2, 0) is 9.59 Å². The number of hydrogen-bond donors (Lipinski definition) is 0. The average Bonchev–Trinajstić information content (AvgIpc) is 2.56. The third kappa shape index (κ3) is 3.69. The van der Waals surface area contributed by atoms with Gasteiger partial charge in [-0.3, -0.25) is 9.59 Å². The Morgan fingerprint density at radius 3 is 2.85 bits per heavy atom. The van der Waals surface area contributed by atoms with Crippen molar-refractivity contribution in [2.24, 2.45) is 0 Å². The van der Waals surface area contributed by atoms with Gasteiger partial charge in [0.05, 0.1) is 5.33 Å². The van der Waals surface area contributed by atoms with E-state index in [1.807, 2.05) is 0 Å². The molecule has 0 aliphatic heterocycles. The highest BCUT2D eigenvalue weighted by Crippen LogP contribution is 2.18. The Bertz CT molecular complexity index is 294. The molecule has 0 N–H and O–H groups in total. The van der Waals surface area contributed by atoms with Crippen LogP contribution in [0.1, 0.15) is 6.42 Å². The lowest BCUT2D eigenvalue weighted by Crippen LogP contribution is -2.13. The fraction of sp³-hybridized carbons (Fsp3) is 0.250. The van der Waals surface area contributed by atoms with E-state index in [0.29, 0.717) is 5.06 Å². The van der Waals surface area contributed by atoms with Crippen LogP contribution < -0.4 is 4.74 Å². The molecule has 0 aliphatic carbocycles. The van der Waals surface area contributed by atoms with Gasteiger partial charge in [-0.15, -0.1) is 11.3 Å². The largest absolute Gasteiger partial charge is 0.415 e. The predicted molar refractivity (Wildman–Crippen MR) is 53.4 cm³/mol. The topological polar surface area (TPSA) is 43.4 Å². The first-order valence-electron chi connectivity index (χ1n) is 3.54. The van der Waals surface area contributed by atoms with E-state index in [1.54, 1.807) is 17.5 Å². The highest BCUT2D eigenvalue weighted by atomic mass is 79.9. The van der Waals surface area contributed by atoms with Crippen molar-refractivity contribution in [1.82, 2.24) is 0 Å².